The van der Waals surface area contributed by atoms with Gasteiger partial charge in [0.1, 0.15) is 17.8 Å². The molecule has 2 aromatic heterocycles. The smallest absolute Gasteiger partial charge is 0.275 e. The zero-order chi connectivity index (χ0) is 17.8. The van der Waals surface area contributed by atoms with Gasteiger partial charge in [-0.15, -0.1) is 11.3 Å². The van der Waals surface area contributed by atoms with Gasteiger partial charge in [-0.1, -0.05) is 6.07 Å². The number of aromatic nitrogens is 1. The summed E-state index contributed by atoms with van der Waals surface area (Å²) in [6, 6.07) is 7.81. The summed E-state index contributed by atoms with van der Waals surface area (Å²) in [6.07, 6.45) is 1.31. The molecule has 1 amide bonds. The number of rotatable bonds is 6. The van der Waals surface area contributed by atoms with Crippen LogP contribution in [0.15, 0.2) is 46.4 Å². The summed E-state index contributed by atoms with van der Waals surface area (Å²) in [5.74, 6) is 0.0181. The van der Waals surface area contributed by atoms with Gasteiger partial charge in [-0.05, 0) is 36.1 Å². The summed E-state index contributed by atoms with van der Waals surface area (Å²) >= 11 is 1.61. The predicted molar refractivity (Wildman–Crippen MR) is 92.1 cm³/mol. The summed E-state index contributed by atoms with van der Waals surface area (Å²) in [5, 5.41) is 2.00. The third-order valence-electron chi connectivity index (χ3n) is 3.62. The van der Waals surface area contributed by atoms with E-state index < -0.39 is 0 Å². The number of ether oxygens (including phenoxy) is 1. The fraction of sp³-hybridized carbons (Fsp3) is 0.222. The molecule has 0 radical (unpaired) electrons. The minimum atomic E-state index is -0.383. The van der Waals surface area contributed by atoms with Crippen LogP contribution in [0.2, 0.25) is 0 Å². The molecule has 0 fully saturated rings. The first kappa shape index (κ1) is 17.2. The Kier molecular flexibility index (Phi) is 5.14. The van der Waals surface area contributed by atoms with Crippen LogP contribution < -0.4 is 4.74 Å². The number of oxazole rings is 1. The molecule has 0 aliphatic heterocycles. The number of carbonyl (C=O) groups is 1. The van der Waals surface area contributed by atoms with Crippen molar-refractivity contribution < 1.29 is 18.3 Å². The quantitative estimate of drug-likeness (QED) is 0.666. The van der Waals surface area contributed by atoms with Crippen molar-refractivity contribution in [3.63, 3.8) is 0 Å². The van der Waals surface area contributed by atoms with E-state index >= 15 is 0 Å². The van der Waals surface area contributed by atoms with Crippen LogP contribution in [0, 0.1) is 12.7 Å². The fourth-order valence-electron chi connectivity index (χ4n) is 2.23. The Labute approximate surface area is 148 Å². The van der Waals surface area contributed by atoms with Gasteiger partial charge in [0.25, 0.3) is 5.91 Å². The second-order valence-corrected chi connectivity index (χ2v) is 6.56. The van der Waals surface area contributed by atoms with Gasteiger partial charge in [-0.25, -0.2) is 9.37 Å². The molecular formula is C18H17FN2O3S. The molecule has 1 aromatic carbocycles. The normalized spacial score (nSPS) is 10.7. The van der Waals surface area contributed by atoms with Crippen LogP contribution in [0.3, 0.4) is 0 Å². The van der Waals surface area contributed by atoms with Crippen LogP contribution in [-0.2, 0) is 13.2 Å². The molecule has 7 heteroatoms. The Hall–Kier alpha value is -2.67. The average Bonchev–Trinajstić information content (AvgIpc) is 3.22. The Bertz CT molecular complexity index is 875. The summed E-state index contributed by atoms with van der Waals surface area (Å²) < 4.78 is 23.8. The number of hydrogen-bond acceptors (Lipinski definition) is 5. The first-order valence-electron chi connectivity index (χ1n) is 7.64. The monoisotopic (exact) mass is 360 g/mol. The predicted octanol–water partition coefficient (Wildman–Crippen LogP) is 4.03. The van der Waals surface area contributed by atoms with E-state index in [0.717, 1.165) is 10.4 Å². The van der Waals surface area contributed by atoms with E-state index in [1.807, 2.05) is 18.4 Å². The topological polar surface area (TPSA) is 55.6 Å². The van der Waals surface area contributed by atoms with Crippen molar-refractivity contribution in [2.24, 2.45) is 0 Å². The number of benzene rings is 1. The van der Waals surface area contributed by atoms with Crippen LogP contribution in [0.25, 0.3) is 0 Å². The summed E-state index contributed by atoms with van der Waals surface area (Å²) in [5.41, 5.74) is 1.38. The molecule has 5 nitrogen and oxygen atoms in total. The van der Waals surface area contributed by atoms with Crippen molar-refractivity contribution in [3.8, 4) is 5.75 Å². The standard InChI is InChI=1S/C18H17FN2O3S/c1-12-6-7-25-16(12)9-21(2)18(22)15-10-24-17(20-15)11-23-14-5-3-4-13(19)8-14/h3-8,10H,9,11H2,1-2H3. The molecule has 0 saturated heterocycles. The molecule has 130 valence electrons. The van der Waals surface area contributed by atoms with Gasteiger partial charge in [0.15, 0.2) is 12.3 Å². The van der Waals surface area contributed by atoms with Gasteiger partial charge in [-0.3, -0.25) is 4.79 Å². The third kappa shape index (κ3) is 4.24. The van der Waals surface area contributed by atoms with Crippen molar-refractivity contribution in [2.45, 2.75) is 20.1 Å². The molecule has 3 aromatic rings. The van der Waals surface area contributed by atoms with Gasteiger partial charge in [0.2, 0.25) is 5.89 Å². The minimum absolute atomic E-state index is 0.0183. The maximum Gasteiger partial charge on any atom is 0.275 e. The van der Waals surface area contributed by atoms with Crippen LogP contribution in [0.4, 0.5) is 4.39 Å². The highest BCUT2D eigenvalue weighted by molar-refractivity contribution is 7.10. The molecule has 0 unspecified atom stereocenters. The second kappa shape index (κ2) is 7.48. The molecule has 0 N–H and O–H groups in total. The van der Waals surface area contributed by atoms with Crippen molar-refractivity contribution in [1.29, 1.82) is 0 Å². The lowest BCUT2D eigenvalue weighted by Gasteiger charge is -2.15. The highest BCUT2D eigenvalue weighted by atomic mass is 32.1. The molecule has 0 bridgehead atoms. The lowest BCUT2D eigenvalue weighted by Crippen LogP contribution is -2.26. The molecule has 0 aliphatic rings. The maximum atomic E-state index is 13.1. The third-order valence-corrected chi connectivity index (χ3v) is 4.63. The van der Waals surface area contributed by atoms with Crippen molar-refractivity contribution in [2.75, 3.05) is 7.05 Å². The summed E-state index contributed by atoms with van der Waals surface area (Å²) in [7, 11) is 1.72. The van der Waals surface area contributed by atoms with E-state index in [1.54, 1.807) is 35.4 Å². The Morgan fingerprint density at radius 1 is 1.40 bits per heavy atom. The minimum Gasteiger partial charge on any atom is -0.484 e. The number of carbonyl (C=O) groups excluding carboxylic acids is 1. The Balaban J connectivity index is 1.60. The number of nitrogens with zero attached hydrogens (tertiary/aromatic N) is 2. The largest absolute Gasteiger partial charge is 0.484 e. The van der Waals surface area contributed by atoms with Gasteiger partial charge in [0.05, 0.1) is 6.54 Å². The average molecular weight is 360 g/mol. The van der Waals surface area contributed by atoms with E-state index in [2.05, 4.69) is 4.98 Å². The number of aryl methyl sites for hydroxylation is 1. The van der Waals surface area contributed by atoms with Crippen molar-refractivity contribution in [1.82, 2.24) is 9.88 Å². The van der Waals surface area contributed by atoms with Gasteiger partial charge in [0, 0.05) is 18.0 Å². The van der Waals surface area contributed by atoms with Crippen LogP contribution in [-0.4, -0.2) is 22.8 Å². The Morgan fingerprint density at radius 3 is 2.96 bits per heavy atom. The van der Waals surface area contributed by atoms with E-state index in [4.69, 9.17) is 9.15 Å². The lowest BCUT2D eigenvalue weighted by atomic mass is 10.3. The van der Waals surface area contributed by atoms with Crippen molar-refractivity contribution in [3.05, 3.63) is 69.8 Å². The van der Waals surface area contributed by atoms with E-state index in [0.29, 0.717) is 12.3 Å². The molecule has 0 spiro atoms. The van der Waals surface area contributed by atoms with Gasteiger partial charge < -0.3 is 14.1 Å². The first-order chi connectivity index (χ1) is 12.0. The zero-order valence-corrected chi connectivity index (χ0v) is 14.7. The molecular weight excluding hydrogens is 343 g/mol. The summed E-state index contributed by atoms with van der Waals surface area (Å²) in [4.78, 5) is 19.3. The molecule has 2 heterocycles. The SMILES string of the molecule is Cc1ccsc1CN(C)C(=O)c1coc(COc2cccc(F)c2)n1. The molecule has 3 rings (SSSR count). The second-order valence-electron chi connectivity index (χ2n) is 5.56. The molecule has 0 saturated carbocycles. The van der Waals surface area contributed by atoms with Crippen LogP contribution in [0.5, 0.6) is 5.75 Å². The number of halogens is 1. The first-order valence-corrected chi connectivity index (χ1v) is 8.52. The van der Waals surface area contributed by atoms with Gasteiger partial charge >= 0.3 is 0 Å². The number of hydrogen-bond donors (Lipinski definition) is 0. The number of thiophene rings is 1. The van der Waals surface area contributed by atoms with E-state index in [9.17, 15) is 9.18 Å². The highest BCUT2D eigenvalue weighted by Crippen LogP contribution is 2.19. The van der Waals surface area contributed by atoms with E-state index in [1.165, 1.54) is 18.4 Å². The molecule has 0 aliphatic carbocycles. The molecule has 25 heavy (non-hydrogen) atoms. The van der Waals surface area contributed by atoms with Gasteiger partial charge in [-0.2, -0.15) is 0 Å². The molecule has 0 atom stereocenters. The lowest BCUT2D eigenvalue weighted by molar-refractivity contribution is 0.0780. The summed E-state index contributed by atoms with van der Waals surface area (Å²) in [6.45, 7) is 2.55. The number of amides is 1. The van der Waals surface area contributed by atoms with Crippen LogP contribution in [0.1, 0.15) is 26.8 Å². The van der Waals surface area contributed by atoms with E-state index in [-0.39, 0.29) is 29.9 Å². The maximum absolute atomic E-state index is 13.1. The highest BCUT2D eigenvalue weighted by Gasteiger charge is 2.18. The zero-order valence-electron chi connectivity index (χ0n) is 13.9. The fourth-order valence-corrected chi connectivity index (χ4v) is 3.18. The Morgan fingerprint density at radius 2 is 2.24 bits per heavy atom. The van der Waals surface area contributed by atoms with Crippen molar-refractivity contribution >= 4 is 17.2 Å². The van der Waals surface area contributed by atoms with Crippen LogP contribution >= 0.6 is 11.3 Å².